The fourth-order valence-corrected chi connectivity index (χ4v) is 3.13. The summed E-state index contributed by atoms with van der Waals surface area (Å²) in [5, 5.41) is 1.20. The minimum absolute atomic E-state index is 0.966. The molecule has 4 rings (SSSR count). The van der Waals surface area contributed by atoms with Gasteiger partial charge in [0.2, 0.25) is 0 Å². The van der Waals surface area contributed by atoms with Gasteiger partial charge in [-0.3, -0.25) is 0 Å². The summed E-state index contributed by atoms with van der Waals surface area (Å²) < 4.78 is 5.73. The number of fused-ring (bicyclic) bond motifs is 3. The Kier molecular flexibility index (Phi) is 4.59. The average molecular weight is 280 g/mol. The molecule has 0 N–H and O–H groups in total. The number of benzene rings is 1. The Balaban J connectivity index is 0.000000160. The lowest BCUT2D eigenvalue weighted by atomic mass is 9.91. The van der Waals surface area contributed by atoms with Crippen molar-refractivity contribution in [2.45, 2.75) is 45.4 Å². The predicted molar refractivity (Wildman–Crippen MR) is 91.1 cm³/mol. The van der Waals surface area contributed by atoms with E-state index in [1.54, 1.807) is 0 Å². The van der Waals surface area contributed by atoms with Crippen LogP contribution in [0.1, 0.15) is 56.8 Å². The van der Waals surface area contributed by atoms with Crippen molar-refractivity contribution in [2.24, 2.45) is 5.92 Å². The van der Waals surface area contributed by atoms with Crippen molar-refractivity contribution in [3.8, 4) is 0 Å². The molecule has 0 radical (unpaired) electrons. The van der Waals surface area contributed by atoms with Crippen LogP contribution in [0.2, 0.25) is 0 Å². The molecule has 0 unspecified atom stereocenters. The van der Waals surface area contributed by atoms with E-state index < -0.39 is 0 Å². The van der Waals surface area contributed by atoms with Crippen LogP contribution >= 0.6 is 0 Å². The second-order valence-corrected chi connectivity index (χ2v) is 6.16. The van der Waals surface area contributed by atoms with Gasteiger partial charge in [0, 0.05) is 10.9 Å². The second-order valence-electron chi connectivity index (χ2n) is 6.16. The smallest absolute Gasteiger partial charge is 0.135 e. The van der Waals surface area contributed by atoms with Crippen molar-refractivity contribution >= 4 is 23.1 Å². The maximum atomic E-state index is 5.73. The lowest BCUT2D eigenvalue weighted by Gasteiger charge is -2.15. The summed E-state index contributed by atoms with van der Waals surface area (Å²) in [6, 6.07) is 8.14. The molecule has 2 aliphatic carbocycles. The van der Waals surface area contributed by atoms with E-state index in [1.807, 2.05) is 18.2 Å². The van der Waals surface area contributed by atoms with E-state index in [1.165, 1.54) is 43.1 Å². The number of allylic oxidation sites excluding steroid dienone is 2. The summed E-state index contributed by atoms with van der Waals surface area (Å²) in [5.74, 6) is 2.01. The predicted octanol–water partition coefficient (Wildman–Crippen LogP) is 6.45. The third-order valence-corrected chi connectivity index (χ3v) is 4.38. The quantitative estimate of drug-likeness (QED) is 0.540. The van der Waals surface area contributed by atoms with Gasteiger partial charge in [-0.1, -0.05) is 75.5 Å². The summed E-state index contributed by atoms with van der Waals surface area (Å²) in [4.78, 5) is 0. The van der Waals surface area contributed by atoms with Crippen molar-refractivity contribution < 1.29 is 4.42 Å². The molecule has 0 atom stereocenters. The van der Waals surface area contributed by atoms with Crippen LogP contribution in [0.3, 0.4) is 0 Å². The van der Waals surface area contributed by atoms with Gasteiger partial charge >= 0.3 is 0 Å². The van der Waals surface area contributed by atoms with E-state index in [0.29, 0.717) is 0 Å². The molecule has 0 saturated heterocycles. The maximum absolute atomic E-state index is 5.73. The normalized spacial score (nSPS) is 18.0. The molecular formula is C20H24O. The molecule has 21 heavy (non-hydrogen) atoms. The first-order valence-corrected chi connectivity index (χ1v) is 8.19. The zero-order chi connectivity index (χ0) is 14.5. The summed E-state index contributed by atoms with van der Waals surface area (Å²) in [6.45, 7) is 2.36. The van der Waals surface area contributed by atoms with E-state index in [9.17, 15) is 0 Å². The van der Waals surface area contributed by atoms with Gasteiger partial charge in [-0.25, -0.2) is 0 Å². The fraction of sp³-hybridized carbons (Fsp3) is 0.400. The monoisotopic (exact) mass is 280 g/mol. The van der Waals surface area contributed by atoms with E-state index in [-0.39, 0.29) is 0 Å². The summed E-state index contributed by atoms with van der Waals surface area (Å²) in [6.07, 6.45) is 16.9. The molecule has 0 aliphatic heterocycles. The lowest BCUT2D eigenvalue weighted by molar-refractivity contribution is 0.385. The number of hydrogen-bond acceptors (Lipinski definition) is 1. The van der Waals surface area contributed by atoms with Crippen LogP contribution in [0.25, 0.3) is 23.1 Å². The summed E-state index contributed by atoms with van der Waals surface area (Å²) >= 11 is 0. The van der Waals surface area contributed by atoms with Crippen LogP contribution in [-0.4, -0.2) is 0 Å². The SMILES string of the molecule is C1=Cc2oc3ccccc3c2C=CC1.CC1CCCCC1. The molecule has 0 spiro atoms. The molecule has 2 aromatic rings. The van der Waals surface area contributed by atoms with E-state index in [4.69, 9.17) is 4.42 Å². The second kappa shape index (κ2) is 6.80. The Morgan fingerprint density at radius 1 is 0.952 bits per heavy atom. The zero-order valence-electron chi connectivity index (χ0n) is 12.8. The van der Waals surface area contributed by atoms with Gasteiger partial charge in [0.05, 0.1) is 0 Å². The average Bonchev–Trinajstić information content (AvgIpc) is 2.70. The van der Waals surface area contributed by atoms with Crippen LogP contribution in [0, 0.1) is 5.92 Å². The molecule has 2 aliphatic rings. The molecule has 1 fully saturated rings. The first-order valence-electron chi connectivity index (χ1n) is 8.19. The van der Waals surface area contributed by atoms with Crippen LogP contribution in [-0.2, 0) is 0 Å². The Bertz CT molecular complexity index is 639. The third kappa shape index (κ3) is 3.47. The minimum Gasteiger partial charge on any atom is -0.456 e. The highest BCUT2D eigenvalue weighted by Gasteiger charge is 2.09. The first-order chi connectivity index (χ1) is 10.3. The molecule has 0 amide bonds. The molecule has 110 valence electrons. The third-order valence-electron chi connectivity index (χ3n) is 4.38. The van der Waals surface area contributed by atoms with Crippen LogP contribution < -0.4 is 0 Å². The Hall–Kier alpha value is -1.76. The van der Waals surface area contributed by atoms with Gasteiger partial charge in [0.25, 0.3) is 0 Å². The summed E-state index contributed by atoms with van der Waals surface area (Å²) in [5.41, 5.74) is 2.17. The molecule has 1 aromatic carbocycles. The van der Waals surface area contributed by atoms with Crippen LogP contribution in [0.5, 0.6) is 0 Å². The summed E-state index contributed by atoms with van der Waals surface area (Å²) in [7, 11) is 0. The number of para-hydroxylation sites is 1. The molecule has 1 heterocycles. The van der Waals surface area contributed by atoms with Gasteiger partial charge < -0.3 is 4.42 Å². The largest absolute Gasteiger partial charge is 0.456 e. The Morgan fingerprint density at radius 3 is 2.48 bits per heavy atom. The Morgan fingerprint density at radius 2 is 1.71 bits per heavy atom. The fourth-order valence-electron chi connectivity index (χ4n) is 3.13. The molecule has 1 aromatic heterocycles. The van der Waals surface area contributed by atoms with Crippen molar-refractivity contribution in [2.75, 3.05) is 0 Å². The van der Waals surface area contributed by atoms with Crippen molar-refractivity contribution in [1.29, 1.82) is 0 Å². The highest BCUT2D eigenvalue weighted by Crippen LogP contribution is 2.29. The molecule has 1 heteroatoms. The van der Waals surface area contributed by atoms with E-state index >= 15 is 0 Å². The first kappa shape index (κ1) is 14.2. The van der Waals surface area contributed by atoms with Gasteiger partial charge in [0.15, 0.2) is 0 Å². The highest BCUT2D eigenvalue weighted by molar-refractivity contribution is 5.91. The number of hydrogen-bond donors (Lipinski definition) is 0. The molecular weight excluding hydrogens is 256 g/mol. The standard InChI is InChI=1S/C13H10O.C7H14/c1-2-6-10-11-7-4-5-9-13(11)14-12(10)8-3-1;1-7-5-3-2-4-6-7/h2-9H,1H2;7H,2-6H2,1H3. The van der Waals surface area contributed by atoms with Crippen molar-refractivity contribution in [3.05, 3.63) is 47.7 Å². The minimum atomic E-state index is 0.966. The number of furan rings is 1. The van der Waals surface area contributed by atoms with Gasteiger partial charge in [-0.05, 0) is 24.5 Å². The van der Waals surface area contributed by atoms with Gasteiger partial charge in [0.1, 0.15) is 11.3 Å². The topological polar surface area (TPSA) is 13.1 Å². The molecule has 0 bridgehead atoms. The number of rotatable bonds is 0. The van der Waals surface area contributed by atoms with Crippen LogP contribution in [0.4, 0.5) is 0 Å². The maximum Gasteiger partial charge on any atom is 0.135 e. The van der Waals surface area contributed by atoms with Gasteiger partial charge in [-0.15, -0.1) is 0 Å². The Labute approximate surface area is 127 Å². The van der Waals surface area contributed by atoms with Gasteiger partial charge in [-0.2, -0.15) is 0 Å². The van der Waals surface area contributed by atoms with Crippen molar-refractivity contribution in [3.63, 3.8) is 0 Å². The zero-order valence-corrected chi connectivity index (χ0v) is 12.8. The van der Waals surface area contributed by atoms with Crippen LogP contribution in [0.15, 0.2) is 40.8 Å². The van der Waals surface area contributed by atoms with E-state index in [0.717, 1.165) is 23.7 Å². The van der Waals surface area contributed by atoms with E-state index in [2.05, 4.69) is 37.3 Å². The van der Waals surface area contributed by atoms with Crippen molar-refractivity contribution in [1.82, 2.24) is 0 Å². The lowest BCUT2D eigenvalue weighted by Crippen LogP contribution is -1.99. The molecule has 1 nitrogen and oxygen atoms in total. The molecule has 1 saturated carbocycles. The highest BCUT2D eigenvalue weighted by atomic mass is 16.3.